The quantitative estimate of drug-likeness (QED) is 0.656. The molecule has 12 heavy (non-hydrogen) atoms. The highest BCUT2D eigenvalue weighted by atomic mass is 16.5. The number of rotatable bonds is 3. The minimum Gasteiger partial charge on any atom is -0.394 e. The summed E-state index contributed by atoms with van der Waals surface area (Å²) in [5, 5.41) is 18.0. The Balaban J connectivity index is 2.21. The summed E-state index contributed by atoms with van der Waals surface area (Å²) in [5.41, 5.74) is 0. The van der Waals surface area contributed by atoms with Crippen molar-refractivity contribution < 1.29 is 14.9 Å². The molecule has 1 rings (SSSR count). The van der Waals surface area contributed by atoms with Crippen molar-refractivity contribution in [1.29, 1.82) is 0 Å². The average molecular weight is 174 g/mol. The van der Waals surface area contributed by atoms with Crippen LogP contribution in [0.3, 0.4) is 0 Å². The number of ether oxygens (including phenoxy) is 1. The van der Waals surface area contributed by atoms with Crippen LogP contribution in [0.4, 0.5) is 0 Å². The Bertz CT molecular complexity index is 125. The fraction of sp³-hybridized carbons (Fsp3) is 1.00. The van der Waals surface area contributed by atoms with Crippen molar-refractivity contribution in [2.45, 2.75) is 38.4 Å². The maximum absolute atomic E-state index is 9.42. The summed E-state index contributed by atoms with van der Waals surface area (Å²) in [7, 11) is 0. The molecule has 72 valence electrons. The molecule has 1 saturated carbocycles. The van der Waals surface area contributed by atoms with Crippen molar-refractivity contribution in [1.82, 2.24) is 0 Å². The van der Waals surface area contributed by atoms with E-state index in [9.17, 15) is 5.11 Å². The van der Waals surface area contributed by atoms with Gasteiger partial charge in [0.1, 0.15) is 0 Å². The zero-order chi connectivity index (χ0) is 8.97. The molecule has 0 aromatic carbocycles. The van der Waals surface area contributed by atoms with Crippen LogP contribution in [0.2, 0.25) is 0 Å². The van der Waals surface area contributed by atoms with Gasteiger partial charge in [0.05, 0.1) is 25.4 Å². The van der Waals surface area contributed by atoms with E-state index in [-0.39, 0.29) is 18.8 Å². The third-order valence-corrected chi connectivity index (χ3v) is 2.52. The molecule has 2 N–H and O–H groups in total. The molecular weight excluding hydrogens is 156 g/mol. The van der Waals surface area contributed by atoms with Crippen molar-refractivity contribution in [3.8, 4) is 0 Å². The van der Waals surface area contributed by atoms with Gasteiger partial charge < -0.3 is 14.9 Å². The van der Waals surface area contributed by atoms with Crippen LogP contribution in [0, 0.1) is 5.92 Å². The minimum atomic E-state index is -0.154. The van der Waals surface area contributed by atoms with Crippen LogP contribution in [0.15, 0.2) is 0 Å². The molecule has 3 heteroatoms. The number of aliphatic hydroxyl groups is 2. The lowest BCUT2D eigenvalue weighted by Gasteiger charge is -2.30. The van der Waals surface area contributed by atoms with Crippen molar-refractivity contribution >= 4 is 0 Å². The van der Waals surface area contributed by atoms with Gasteiger partial charge in [-0.1, -0.05) is 6.92 Å². The molecule has 1 aliphatic rings. The first kappa shape index (κ1) is 9.96. The maximum Gasteiger partial charge on any atom is 0.0701 e. The predicted octanol–water partition coefficient (Wildman–Crippen LogP) is 0.545. The number of hydrogen-bond acceptors (Lipinski definition) is 3. The molecular formula is C9H18O3. The van der Waals surface area contributed by atoms with Crippen LogP contribution in [-0.4, -0.2) is 35.6 Å². The molecule has 0 aromatic heterocycles. The summed E-state index contributed by atoms with van der Waals surface area (Å²) < 4.78 is 5.39. The molecule has 0 radical (unpaired) electrons. The molecule has 3 unspecified atom stereocenters. The van der Waals surface area contributed by atoms with E-state index in [1.54, 1.807) is 0 Å². The summed E-state index contributed by atoms with van der Waals surface area (Å²) in [4.78, 5) is 0. The van der Waals surface area contributed by atoms with Crippen LogP contribution >= 0.6 is 0 Å². The molecule has 3 atom stereocenters. The third kappa shape index (κ3) is 2.73. The Morgan fingerprint density at radius 1 is 1.42 bits per heavy atom. The highest BCUT2D eigenvalue weighted by Gasteiger charge is 2.25. The number of hydrogen-bond donors (Lipinski definition) is 2. The highest BCUT2D eigenvalue weighted by Crippen LogP contribution is 2.25. The fourth-order valence-corrected chi connectivity index (χ4v) is 1.70. The zero-order valence-corrected chi connectivity index (χ0v) is 7.57. The SMILES string of the molecule is CC1CC(OCCO)CCC1O. The fourth-order valence-electron chi connectivity index (χ4n) is 1.70. The van der Waals surface area contributed by atoms with Gasteiger partial charge in [-0.05, 0) is 25.2 Å². The van der Waals surface area contributed by atoms with Gasteiger partial charge in [0, 0.05) is 0 Å². The molecule has 0 spiro atoms. The van der Waals surface area contributed by atoms with Crippen LogP contribution in [0.25, 0.3) is 0 Å². The molecule has 1 fully saturated rings. The first-order valence-corrected chi connectivity index (χ1v) is 4.64. The van der Waals surface area contributed by atoms with Crippen molar-refractivity contribution in [2.75, 3.05) is 13.2 Å². The minimum absolute atomic E-state index is 0.0907. The topological polar surface area (TPSA) is 49.7 Å². The molecule has 1 aliphatic carbocycles. The second-order valence-electron chi connectivity index (χ2n) is 3.57. The van der Waals surface area contributed by atoms with Gasteiger partial charge >= 0.3 is 0 Å². The van der Waals surface area contributed by atoms with E-state index >= 15 is 0 Å². The van der Waals surface area contributed by atoms with Gasteiger partial charge in [-0.25, -0.2) is 0 Å². The van der Waals surface area contributed by atoms with Gasteiger partial charge in [-0.15, -0.1) is 0 Å². The summed E-state index contributed by atoms with van der Waals surface area (Å²) >= 11 is 0. The van der Waals surface area contributed by atoms with Gasteiger partial charge in [0.2, 0.25) is 0 Å². The van der Waals surface area contributed by atoms with Crippen LogP contribution in [0.5, 0.6) is 0 Å². The Kier molecular flexibility index (Phi) is 3.98. The Morgan fingerprint density at radius 3 is 2.75 bits per heavy atom. The van der Waals surface area contributed by atoms with Crippen LogP contribution < -0.4 is 0 Å². The summed E-state index contributed by atoms with van der Waals surface area (Å²) in [6.07, 6.45) is 2.76. The van der Waals surface area contributed by atoms with Crippen LogP contribution in [-0.2, 0) is 4.74 Å². The molecule has 0 bridgehead atoms. The lowest BCUT2D eigenvalue weighted by molar-refractivity contribution is -0.0378. The Labute approximate surface area is 73.4 Å². The zero-order valence-electron chi connectivity index (χ0n) is 7.57. The van der Waals surface area contributed by atoms with Gasteiger partial charge in [-0.3, -0.25) is 0 Å². The first-order valence-electron chi connectivity index (χ1n) is 4.64. The Morgan fingerprint density at radius 2 is 2.17 bits per heavy atom. The molecule has 0 saturated heterocycles. The maximum atomic E-state index is 9.42. The smallest absolute Gasteiger partial charge is 0.0701 e. The van der Waals surface area contributed by atoms with E-state index in [0.717, 1.165) is 19.3 Å². The van der Waals surface area contributed by atoms with Crippen LogP contribution in [0.1, 0.15) is 26.2 Å². The van der Waals surface area contributed by atoms with E-state index in [1.807, 2.05) is 6.92 Å². The van der Waals surface area contributed by atoms with Gasteiger partial charge in [0.15, 0.2) is 0 Å². The monoisotopic (exact) mass is 174 g/mol. The van der Waals surface area contributed by atoms with Gasteiger partial charge in [-0.2, -0.15) is 0 Å². The molecule has 3 nitrogen and oxygen atoms in total. The summed E-state index contributed by atoms with van der Waals surface area (Å²) in [6, 6.07) is 0. The second-order valence-corrected chi connectivity index (χ2v) is 3.57. The molecule has 0 amide bonds. The average Bonchev–Trinajstić information content (AvgIpc) is 2.07. The lowest BCUT2D eigenvalue weighted by Crippen LogP contribution is -2.31. The lowest BCUT2D eigenvalue weighted by atomic mass is 9.86. The predicted molar refractivity (Wildman–Crippen MR) is 45.8 cm³/mol. The highest BCUT2D eigenvalue weighted by molar-refractivity contribution is 4.77. The van der Waals surface area contributed by atoms with Crippen molar-refractivity contribution in [3.63, 3.8) is 0 Å². The van der Waals surface area contributed by atoms with E-state index in [1.165, 1.54) is 0 Å². The van der Waals surface area contributed by atoms with E-state index in [0.29, 0.717) is 12.5 Å². The molecule has 0 aromatic rings. The Hall–Kier alpha value is -0.120. The van der Waals surface area contributed by atoms with Crippen molar-refractivity contribution in [2.24, 2.45) is 5.92 Å². The van der Waals surface area contributed by atoms with E-state index < -0.39 is 0 Å². The molecule has 0 heterocycles. The standard InChI is InChI=1S/C9H18O3/c1-7-6-8(12-5-4-10)2-3-9(7)11/h7-11H,2-6H2,1H3. The van der Waals surface area contributed by atoms with E-state index in [2.05, 4.69) is 0 Å². The van der Waals surface area contributed by atoms with Crippen molar-refractivity contribution in [3.05, 3.63) is 0 Å². The van der Waals surface area contributed by atoms with E-state index in [4.69, 9.17) is 9.84 Å². The summed E-state index contributed by atoms with van der Waals surface area (Å²) in [5.74, 6) is 0.336. The second kappa shape index (κ2) is 4.80. The molecule has 0 aliphatic heterocycles. The third-order valence-electron chi connectivity index (χ3n) is 2.52. The first-order chi connectivity index (χ1) is 5.74. The normalized spacial score (nSPS) is 36.8. The van der Waals surface area contributed by atoms with Gasteiger partial charge in [0.25, 0.3) is 0 Å². The number of aliphatic hydroxyl groups excluding tert-OH is 2. The largest absolute Gasteiger partial charge is 0.394 e. The summed E-state index contributed by atoms with van der Waals surface area (Å²) in [6.45, 7) is 2.56.